The van der Waals surface area contributed by atoms with E-state index in [-0.39, 0.29) is 6.54 Å². The number of halogens is 1. The minimum absolute atomic E-state index is 0.289. The Bertz CT molecular complexity index is 503. The van der Waals surface area contributed by atoms with Crippen LogP contribution in [0.2, 0.25) is 5.02 Å². The number of hydrogen-bond donors (Lipinski definition) is 1. The lowest BCUT2D eigenvalue weighted by Gasteiger charge is -2.13. The molecular weight excluding hydrogens is 276 g/mol. The quantitative estimate of drug-likeness (QED) is 0.859. The van der Waals surface area contributed by atoms with Crippen molar-refractivity contribution in [2.75, 3.05) is 27.7 Å². The SMILES string of the molecule is COc1ccc(Cl)cc1CCNS(=O)(=O)N(C)C. The van der Waals surface area contributed by atoms with Crippen molar-refractivity contribution in [3.8, 4) is 5.75 Å². The maximum Gasteiger partial charge on any atom is 0.278 e. The average molecular weight is 293 g/mol. The summed E-state index contributed by atoms with van der Waals surface area (Å²) in [5.74, 6) is 0.698. The molecule has 0 amide bonds. The van der Waals surface area contributed by atoms with Crippen molar-refractivity contribution >= 4 is 21.8 Å². The van der Waals surface area contributed by atoms with Crippen LogP contribution in [0, 0.1) is 0 Å². The summed E-state index contributed by atoms with van der Waals surface area (Å²) in [6.45, 7) is 0.289. The van der Waals surface area contributed by atoms with Gasteiger partial charge >= 0.3 is 0 Å². The Kier molecular flexibility index (Phi) is 5.40. The number of nitrogens with zero attached hydrogens (tertiary/aromatic N) is 1. The first-order valence-electron chi connectivity index (χ1n) is 5.36. The molecule has 0 unspecified atom stereocenters. The first kappa shape index (κ1) is 15.2. The molecule has 7 heteroatoms. The second-order valence-corrected chi connectivity index (χ2v) is 6.29. The van der Waals surface area contributed by atoms with Crippen molar-refractivity contribution in [3.05, 3.63) is 28.8 Å². The molecule has 0 aliphatic carbocycles. The van der Waals surface area contributed by atoms with Gasteiger partial charge < -0.3 is 4.74 Å². The van der Waals surface area contributed by atoms with E-state index >= 15 is 0 Å². The molecule has 0 heterocycles. The minimum Gasteiger partial charge on any atom is -0.496 e. The molecule has 1 aromatic rings. The topological polar surface area (TPSA) is 58.6 Å². The summed E-state index contributed by atoms with van der Waals surface area (Å²) >= 11 is 5.89. The third-order valence-corrected chi connectivity index (χ3v) is 4.17. The fourth-order valence-corrected chi connectivity index (χ4v) is 2.20. The van der Waals surface area contributed by atoms with Gasteiger partial charge in [-0.05, 0) is 30.2 Å². The average Bonchev–Trinajstić information content (AvgIpc) is 2.29. The Morgan fingerprint density at radius 3 is 2.61 bits per heavy atom. The van der Waals surface area contributed by atoms with Gasteiger partial charge in [-0.15, -0.1) is 0 Å². The molecule has 0 radical (unpaired) electrons. The van der Waals surface area contributed by atoms with Gasteiger partial charge in [0, 0.05) is 25.7 Å². The smallest absolute Gasteiger partial charge is 0.278 e. The number of benzene rings is 1. The summed E-state index contributed by atoms with van der Waals surface area (Å²) in [7, 11) is 1.13. The van der Waals surface area contributed by atoms with Crippen molar-refractivity contribution in [1.29, 1.82) is 0 Å². The van der Waals surface area contributed by atoms with Gasteiger partial charge in [0.1, 0.15) is 5.75 Å². The third kappa shape index (κ3) is 4.13. The van der Waals surface area contributed by atoms with Crippen LogP contribution in [-0.2, 0) is 16.6 Å². The van der Waals surface area contributed by atoms with E-state index in [4.69, 9.17) is 16.3 Å². The maximum absolute atomic E-state index is 11.5. The molecule has 1 aromatic carbocycles. The molecule has 18 heavy (non-hydrogen) atoms. The maximum atomic E-state index is 11.5. The molecule has 0 aliphatic rings. The van der Waals surface area contributed by atoms with Gasteiger partial charge in [0.15, 0.2) is 0 Å². The highest BCUT2D eigenvalue weighted by atomic mass is 35.5. The van der Waals surface area contributed by atoms with E-state index in [0.29, 0.717) is 17.2 Å². The highest BCUT2D eigenvalue weighted by Crippen LogP contribution is 2.22. The molecule has 0 spiro atoms. The Balaban J connectivity index is 2.67. The summed E-state index contributed by atoms with van der Waals surface area (Å²) in [6, 6.07) is 5.26. The first-order chi connectivity index (χ1) is 8.36. The number of methoxy groups -OCH3 is 1. The number of ether oxygens (including phenoxy) is 1. The lowest BCUT2D eigenvalue weighted by molar-refractivity contribution is 0.409. The van der Waals surface area contributed by atoms with Gasteiger partial charge in [-0.1, -0.05) is 11.6 Å². The van der Waals surface area contributed by atoms with Crippen LogP contribution in [0.15, 0.2) is 18.2 Å². The molecule has 0 fully saturated rings. The molecular formula is C11H17ClN2O3S. The molecule has 0 atom stereocenters. The van der Waals surface area contributed by atoms with Crippen LogP contribution in [0.5, 0.6) is 5.75 Å². The second kappa shape index (κ2) is 6.38. The second-order valence-electron chi connectivity index (χ2n) is 3.89. The fraction of sp³-hybridized carbons (Fsp3) is 0.455. The van der Waals surface area contributed by atoms with Crippen LogP contribution in [0.3, 0.4) is 0 Å². The van der Waals surface area contributed by atoms with Crippen molar-refractivity contribution < 1.29 is 13.2 Å². The Hall–Kier alpha value is -0.820. The van der Waals surface area contributed by atoms with Gasteiger partial charge in [0.2, 0.25) is 0 Å². The van der Waals surface area contributed by atoms with Crippen molar-refractivity contribution in [2.24, 2.45) is 0 Å². The molecule has 0 bridgehead atoms. The Labute approximate surface area is 113 Å². The van der Waals surface area contributed by atoms with E-state index in [0.717, 1.165) is 9.87 Å². The van der Waals surface area contributed by atoms with Gasteiger partial charge in [0.05, 0.1) is 7.11 Å². The molecule has 0 aliphatic heterocycles. The summed E-state index contributed by atoms with van der Waals surface area (Å²) in [5, 5.41) is 0.598. The highest BCUT2D eigenvalue weighted by molar-refractivity contribution is 7.87. The van der Waals surface area contributed by atoms with Gasteiger partial charge in [-0.3, -0.25) is 0 Å². The molecule has 5 nitrogen and oxygen atoms in total. The minimum atomic E-state index is -3.39. The van der Waals surface area contributed by atoms with Crippen LogP contribution < -0.4 is 9.46 Å². The predicted molar refractivity (Wildman–Crippen MR) is 72.3 cm³/mol. The van der Waals surface area contributed by atoms with Crippen LogP contribution in [0.4, 0.5) is 0 Å². The zero-order chi connectivity index (χ0) is 13.8. The van der Waals surface area contributed by atoms with Crippen LogP contribution in [-0.4, -0.2) is 40.5 Å². The van der Waals surface area contributed by atoms with E-state index in [9.17, 15) is 8.42 Å². The molecule has 0 saturated carbocycles. The van der Waals surface area contributed by atoms with Crippen LogP contribution in [0.1, 0.15) is 5.56 Å². The zero-order valence-corrected chi connectivity index (χ0v) is 12.2. The fourth-order valence-electron chi connectivity index (χ4n) is 1.39. The predicted octanol–water partition coefficient (Wildman–Crippen LogP) is 1.29. The molecule has 0 aromatic heterocycles. The Morgan fingerprint density at radius 2 is 2.06 bits per heavy atom. The molecule has 0 saturated heterocycles. The first-order valence-corrected chi connectivity index (χ1v) is 7.18. The normalized spacial score (nSPS) is 11.8. The third-order valence-electron chi connectivity index (χ3n) is 2.40. The summed E-state index contributed by atoms with van der Waals surface area (Å²) < 4.78 is 31.8. The largest absolute Gasteiger partial charge is 0.496 e. The van der Waals surface area contributed by atoms with Crippen LogP contribution >= 0.6 is 11.6 Å². The zero-order valence-electron chi connectivity index (χ0n) is 10.6. The monoisotopic (exact) mass is 292 g/mol. The lowest BCUT2D eigenvalue weighted by atomic mass is 10.1. The molecule has 102 valence electrons. The highest BCUT2D eigenvalue weighted by Gasteiger charge is 2.12. The summed E-state index contributed by atoms with van der Waals surface area (Å²) in [6.07, 6.45) is 0.511. The van der Waals surface area contributed by atoms with Crippen molar-refractivity contribution in [1.82, 2.24) is 9.03 Å². The van der Waals surface area contributed by atoms with Gasteiger partial charge in [-0.2, -0.15) is 12.7 Å². The number of rotatable bonds is 6. The number of nitrogens with one attached hydrogen (secondary N) is 1. The van der Waals surface area contributed by atoms with Crippen molar-refractivity contribution in [3.63, 3.8) is 0 Å². The van der Waals surface area contributed by atoms with E-state index < -0.39 is 10.2 Å². The molecule has 1 rings (SSSR count). The Morgan fingerprint density at radius 1 is 1.39 bits per heavy atom. The summed E-state index contributed by atoms with van der Waals surface area (Å²) in [4.78, 5) is 0. The van der Waals surface area contributed by atoms with Crippen LogP contribution in [0.25, 0.3) is 0 Å². The van der Waals surface area contributed by atoms with E-state index in [1.54, 1.807) is 25.3 Å². The standard InChI is InChI=1S/C11H17ClN2O3S/c1-14(2)18(15,16)13-7-6-9-8-10(12)4-5-11(9)17-3/h4-5,8,13H,6-7H2,1-3H3. The van der Waals surface area contributed by atoms with Crippen molar-refractivity contribution in [2.45, 2.75) is 6.42 Å². The molecule has 1 N–H and O–H groups in total. The number of hydrogen-bond acceptors (Lipinski definition) is 3. The lowest BCUT2D eigenvalue weighted by Crippen LogP contribution is -2.36. The van der Waals surface area contributed by atoms with Gasteiger partial charge in [-0.25, -0.2) is 4.72 Å². The van der Waals surface area contributed by atoms with E-state index in [2.05, 4.69) is 4.72 Å². The van der Waals surface area contributed by atoms with E-state index in [1.807, 2.05) is 0 Å². The summed E-state index contributed by atoms with van der Waals surface area (Å²) in [5.41, 5.74) is 0.867. The van der Waals surface area contributed by atoms with E-state index in [1.165, 1.54) is 14.1 Å². The van der Waals surface area contributed by atoms with Gasteiger partial charge in [0.25, 0.3) is 10.2 Å².